The van der Waals surface area contributed by atoms with Crippen LogP contribution in [0.2, 0.25) is 5.02 Å². The molecule has 0 aliphatic carbocycles. The van der Waals surface area contributed by atoms with Gasteiger partial charge in [0.1, 0.15) is 5.82 Å². The normalized spacial score (nSPS) is 10.2. The summed E-state index contributed by atoms with van der Waals surface area (Å²) >= 11 is 5.84. The molecular weight excluding hydrogens is 286 g/mol. The van der Waals surface area contributed by atoms with Gasteiger partial charge in [0.05, 0.1) is 11.9 Å². The lowest BCUT2D eigenvalue weighted by Crippen LogP contribution is -2.12. The van der Waals surface area contributed by atoms with Crippen LogP contribution in [0.4, 0.5) is 17.2 Å². The molecule has 5 heteroatoms. The lowest BCUT2D eigenvalue weighted by atomic mass is 10.2. The van der Waals surface area contributed by atoms with E-state index in [2.05, 4.69) is 22.5 Å². The van der Waals surface area contributed by atoms with Crippen LogP contribution in [0.15, 0.2) is 42.6 Å². The van der Waals surface area contributed by atoms with Gasteiger partial charge in [0, 0.05) is 17.1 Å². The van der Waals surface area contributed by atoms with Crippen LogP contribution in [-0.4, -0.2) is 10.9 Å². The first-order valence-corrected chi connectivity index (χ1v) is 7.33. The van der Waals surface area contributed by atoms with Crippen molar-refractivity contribution in [2.45, 2.75) is 26.2 Å². The van der Waals surface area contributed by atoms with E-state index < -0.39 is 0 Å². The zero-order valence-corrected chi connectivity index (χ0v) is 12.7. The van der Waals surface area contributed by atoms with E-state index in [0.717, 1.165) is 24.2 Å². The Hall–Kier alpha value is -2.07. The van der Waals surface area contributed by atoms with Crippen LogP contribution < -0.4 is 10.6 Å². The number of anilines is 3. The summed E-state index contributed by atoms with van der Waals surface area (Å²) in [5, 5.41) is 6.69. The van der Waals surface area contributed by atoms with Crippen molar-refractivity contribution in [3.8, 4) is 0 Å². The van der Waals surface area contributed by atoms with Gasteiger partial charge in [0.15, 0.2) is 0 Å². The second kappa shape index (κ2) is 7.64. The SMILES string of the molecule is CCCCC(=O)Nc1ccc(Nc2ccc(Cl)cc2)cn1. The van der Waals surface area contributed by atoms with E-state index in [1.165, 1.54) is 0 Å². The number of rotatable bonds is 6. The van der Waals surface area contributed by atoms with Crippen LogP contribution in [-0.2, 0) is 4.79 Å². The Kier molecular flexibility index (Phi) is 5.58. The molecule has 0 aliphatic heterocycles. The predicted molar refractivity (Wildman–Crippen MR) is 87.1 cm³/mol. The Labute approximate surface area is 129 Å². The molecule has 1 heterocycles. The van der Waals surface area contributed by atoms with Gasteiger partial charge in [-0.05, 0) is 42.8 Å². The summed E-state index contributed by atoms with van der Waals surface area (Å²) in [6.07, 6.45) is 4.11. The summed E-state index contributed by atoms with van der Waals surface area (Å²) < 4.78 is 0. The summed E-state index contributed by atoms with van der Waals surface area (Å²) in [7, 11) is 0. The Morgan fingerprint density at radius 3 is 2.48 bits per heavy atom. The molecule has 0 fully saturated rings. The molecule has 2 aromatic rings. The van der Waals surface area contributed by atoms with Gasteiger partial charge in [-0.1, -0.05) is 24.9 Å². The fourth-order valence-electron chi connectivity index (χ4n) is 1.78. The summed E-state index contributed by atoms with van der Waals surface area (Å²) in [5.74, 6) is 0.570. The van der Waals surface area contributed by atoms with Crippen LogP contribution in [0.1, 0.15) is 26.2 Å². The third kappa shape index (κ3) is 5.08. The number of aromatic nitrogens is 1. The lowest BCUT2D eigenvalue weighted by Gasteiger charge is -2.08. The maximum absolute atomic E-state index is 11.6. The van der Waals surface area contributed by atoms with Crippen molar-refractivity contribution < 1.29 is 4.79 Å². The molecule has 21 heavy (non-hydrogen) atoms. The number of amides is 1. The monoisotopic (exact) mass is 303 g/mol. The van der Waals surface area contributed by atoms with Crippen LogP contribution >= 0.6 is 11.6 Å². The first-order valence-electron chi connectivity index (χ1n) is 6.96. The molecule has 110 valence electrons. The third-order valence-electron chi connectivity index (χ3n) is 2.92. The van der Waals surface area contributed by atoms with Crippen molar-refractivity contribution in [3.05, 3.63) is 47.6 Å². The van der Waals surface area contributed by atoms with Gasteiger partial charge in [-0.2, -0.15) is 0 Å². The largest absolute Gasteiger partial charge is 0.354 e. The van der Waals surface area contributed by atoms with E-state index in [9.17, 15) is 4.79 Å². The number of pyridine rings is 1. The van der Waals surface area contributed by atoms with E-state index >= 15 is 0 Å². The quantitative estimate of drug-likeness (QED) is 0.819. The molecule has 0 atom stereocenters. The van der Waals surface area contributed by atoms with Crippen LogP contribution in [0, 0.1) is 0 Å². The number of nitrogens with zero attached hydrogens (tertiary/aromatic N) is 1. The number of carbonyl (C=O) groups excluding carboxylic acids is 1. The average molecular weight is 304 g/mol. The molecule has 0 saturated heterocycles. The highest BCUT2D eigenvalue weighted by Gasteiger charge is 2.02. The maximum Gasteiger partial charge on any atom is 0.225 e. The topological polar surface area (TPSA) is 54.0 Å². The van der Waals surface area contributed by atoms with E-state index in [-0.39, 0.29) is 5.91 Å². The number of nitrogens with one attached hydrogen (secondary N) is 2. The minimum absolute atomic E-state index is 0.00256. The summed E-state index contributed by atoms with van der Waals surface area (Å²) in [5.41, 5.74) is 1.78. The number of hydrogen-bond donors (Lipinski definition) is 2. The van der Waals surface area contributed by atoms with Gasteiger partial charge in [-0.3, -0.25) is 4.79 Å². The fourth-order valence-corrected chi connectivity index (χ4v) is 1.91. The van der Waals surface area contributed by atoms with Crippen molar-refractivity contribution in [1.82, 2.24) is 4.98 Å². The number of carbonyl (C=O) groups is 1. The van der Waals surface area contributed by atoms with Gasteiger partial charge in [0.25, 0.3) is 0 Å². The smallest absolute Gasteiger partial charge is 0.225 e. The van der Waals surface area contributed by atoms with Gasteiger partial charge >= 0.3 is 0 Å². The van der Waals surface area contributed by atoms with E-state index in [1.807, 2.05) is 30.3 Å². The Bertz CT molecular complexity index is 581. The molecule has 0 spiro atoms. The fraction of sp³-hybridized carbons (Fsp3) is 0.250. The summed E-state index contributed by atoms with van der Waals surface area (Å²) in [6, 6.07) is 11.1. The van der Waals surface area contributed by atoms with Crippen LogP contribution in [0.5, 0.6) is 0 Å². The van der Waals surface area contributed by atoms with Crippen LogP contribution in [0.3, 0.4) is 0 Å². The van der Waals surface area contributed by atoms with Crippen molar-refractivity contribution in [1.29, 1.82) is 0 Å². The Morgan fingerprint density at radius 1 is 1.14 bits per heavy atom. The number of halogens is 1. The van der Waals surface area contributed by atoms with Gasteiger partial charge in [-0.15, -0.1) is 0 Å². The lowest BCUT2D eigenvalue weighted by molar-refractivity contribution is -0.116. The van der Waals surface area contributed by atoms with E-state index in [1.54, 1.807) is 12.3 Å². The van der Waals surface area contributed by atoms with Crippen molar-refractivity contribution >= 4 is 34.7 Å². The van der Waals surface area contributed by atoms with E-state index in [0.29, 0.717) is 17.3 Å². The highest BCUT2D eigenvalue weighted by Crippen LogP contribution is 2.19. The van der Waals surface area contributed by atoms with Crippen molar-refractivity contribution in [2.75, 3.05) is 10.6 Å². The highest BCUT2D eigenvalue weighted by atomic mass is 35.5. The zero-order chi connectivity index (χ0) is 15.1. The van der Waals surface area contributed by atoms with Crippen molar-refractivity contribution in [3.63, 3.8) is 0 Å². The zero-order valence-electron chi connectivity index (χ0n) is 11.9. The number of unbranched alkanes of at least 4 members (excludes halogenated alkanes) is 1. The maximum atomic E-state index is 11.6. The van der Waals surface area contributed by atoms with Gasteiger partial charge in [-0.25, -0.2) is 4.98 Å². The standard InChI is InChI=1S/C16H18ClN3O/c1-2-3-4-16(21)20-15-10-9-14(11-18-15)19-13-7-5-12(17)6-8-13/h5-11,19H,2-4H2,1H3,(H,18,20,21). The minimum Gasteiger partial charge on any atom is -0.354 e. The molecule has 0 bridgehead atoms. The number of hydrogen-bond acceptors (Lipinski definition) is 3. The first-order chi connectivity index (χ1) is 10.2. The van der Waals surface area contributed by atoms with Crippen LogP contribution in [0.25, 0.3) is 0 Å². The third-order valence-corrected chi connectivity index (χ3v) is 3.17. The average Bonchev–Trinajstić information content (AvgIpc) is 2.49. The first kappa shape index (κ1) is 15.3. The van der Waals surface area contributed by atoms with E-state index in [4.69, 9.17) is 11.6 Å². The molecule has 0 aliphatic rings. The number of benzene rings is 1. The molecule has 1 aromatic heterocycles. The molecule has 2 rings (SSSR count). The van der Waals surface area contributed by atoms with Gasteiger partial charge in [0.2, 0.25) is 5.91 Å². The molecule has 1 amide bonds. The second-order valence-corrected chi connectivity index (χ2v) is 5.15. The summed E-state index contributed by atoms with van der Waals surface area (Å²) in [4.78, 5) is 15.8. The van der Waals surface area contributed by atoms with Crippen molar-refractivity contribution in [2.24, 2.45) is 0 Å². The second-order valence-electron chi connectivity index (χ2n) is 4.72. The molecule has 0 unspecified atom stereocenters. The minimum atomic E-state index is 0.00256. The molecule has 4 nitrogen and oxygen atoms in total. The Morgan fingerprint density at radius 2 is 1.86 bits per heavy atom. The summed E-state index contributed by atoms with van der Waals surface area (Å²) in [6.45, 7) is 2.06. The molecule has 0 radical (unpaired) electrons. The van der Waals surface area contributed by atoms with Gasteiger partial charge < -0.3 is 10.6 Å². The Balaban J connectivity index is 1.92. The molecular formula is C16H18ClN3O. The molecule has 1 aromatic carbocycles. The highest BCUT2D eigenvalue weighted by molar-refractivity contribution is 6.30. The molecule has 0 saturated carbocycles. The molecule has 2 N–H and O–H groups in total. The predicted octanol–water partition coefficient (Wildman–Crippen LogP) is 4.61.